The number of ketones is 1. The van der Waals surface area contributed by atoms with Crippen molar-refractivity contribution >= 4 is 11.9 Å². The zero-order chi connectivity index (χ0) is 21.3. The number of hydrogen-bond acceptors (Lipinski definition) is 5. The second kappa shape index (κ2) is 10.5. The van der Waals surface area contributed by atoms with Crippen molar-refractivity contribution in [1.82, 2.24) is 5.32 Å². The van der Waals surface area contributed by atoms with E-state index in [-0.39, 0.29) is 25.2 Å². The molecule has 0 aromatic heterocycles. The number of aliphatic hydroxyl groups is 1. The zero-order valence-corrected chi connectivity index (χ0v) is 15.3. The summed E-state index contributed by atoms with van der Waals surface area (Å²) in [6, 6.07) is 12.9. The molecule has 1 atom stereocenters. The molecule has 2 N–H and O–H groups in total. The third kappa shape index (κ3) is 8.22. The Hall–Kier alpha value is -3.07. The molecular weight excluding hydrogens is 391 g/mol. The lowest BCUT2D eigenvalue weighted by molar-refractivity contribution is -0.274. The quantitative estimate of drug-likeness (QED) is 0.661. The van der Waals surface area contributed by atoms with Gasteiger partial charge in [-0.2, -0.15) is 0 Å². The molecule has 1 amide bonds. The van der Waals surface area contributed by atoms with Gasteiger partial charge in [0.1, 0.15) is 18.4 Å². The predicted octanol–water partition coefficient (Wildman–Crippen LogP) is 3.37. The summed E-state index contributed by atoms with van der Waals surface area (Å²) in [5.74, 6) is -0.789. The molecule has 0 radical (unpaired) electrons. The normalized spacial score (nSPS) is 12.1. The lowest BCUT2D eigenvalue weighted by Gasteiger charge is -2.15. The van der Waals surface area contributed by atoms with Crippen molar-refractivity contribution < 1.29 is 37.3 Å². The number of benzene rings is 2. The van der Waals surface area contributed by atoms with Crippen molar-refractivity contribution in [3.8, 4) is 5.75 Å². The molecule has 29 heavy (non-hydrogen) atoms. The summed E-state index contributed by atoms with van der Waals surface area (Å²) in [6.45, 7) is -0.580. The maximum Gasteiger partial charge on any atom is 0.573 e. The first-order valence-electron chi connectivity index (χ1n) is 8.72. The number of halogens is 3. The van der Waals surface area contributed by atoms with Crippen LogP contribution in [0.5, 0.6) is 5.75 Å². The average Bonchev–Trinajstić information content (AvgIpc) is 2.69. The van der Waals surface area contributed by atoms with E-state index in [4.69, 9.17) is 4.74 Å². The Morgan fingerprint density at radius 1 is 1.00 bits per heavy atom. The van der Waals surface area contributed by atoms with Gasteiger partial charge in [0.15, 0.2) is 5.78 Å². The van der Waals surface area contributed by atoms with E-state index in [0.29, 0.717) is 5.56 Å². The summed E-state index contributed by atoms with van der Waals surface area (Å²) in [4.78, 5) is 24.0. The van der Waals surface area contributed by atoms with Crippen molar-refractivity contribution in [1.29, 1.82) is 0 Å². The Morgan fingerprint density at radius 3 is 2.24 bits per heavy atom. The van der Waals surface area contributed by atoms with E-state index in [1.54, 1.807) is 24.3 Å². The van der Waals surface area contributed by atoms with Crippen LogP contribution in [0, 0.1) is 0 Å². The van der Waals surface area contributed by atoms with Gasteiger partial charge in [0, 0.05) is 6.42 Å². The van der Waals surface area contributed by atoms with Gasteiger partial charge in [0.2, 0.25) is 0 Å². The minimum atomic E-state index is -4.77. The zero-order valence-electron chi connectivity index (χ0n) is 15.3. The highest BCUT2D eigenvalue weighted by Gasteiger charge is 2.31. The van der Waals surface area contributed by atoms with E-state index in [1.807, 2.05) is 6.07 Å². The minimum Gasteiger partial charge on any atom is -0.445 e. The number of alkyl halides is 3. The molecule has 0 spiro atoms. The molecule has 0 aliphatic rings. The van der Waals surface area contributed by atoms with Crippen molar-refractivity contribution in [2.45, 2.75) is 31.9 Å². The minimum absolute atomic E-state index is 0.0192. The number of carbonyl (C=O) groups excluding carboxylic acids is 2. The van der Waals surface area contributed by atoms with Crippen LogP contribution in [0.2, 0.25) is 0 Å². The SMILES string of the molecule is O=C(N[C@H](CO)C(=O)CCc1ccc(OC(F)(F)F)cc1)OCc1ccccc1. The van der Waals surface area contributed by atoms with Gasteiger partial charge in [-0.3, -0.25) is 4.79 Å². The van der Waals surface area contributed by atoms with Crippen molar-refractivity contribution in [3.63, 3.8) is 0 Å². The fourth-order valence-electron chi connectivity index (χ4n) is 2.43. The number of rotatable bonds is 9. The summed E-state index contributed by atoms with van der Waals surface area (Å²) in [5.41, 5.74) is 1.38. The molecule has 156 valence electrons. The van der Waals surface area contributed by atoms with Gasteiger partial charge in [0.05, 0.1) is 6.61 Å². The molecule has 0 fully saturated rings. The van der Waals surface area contributed by atoms with Crippen LogP contribution in [-0.4, -0.2) is 36.0 Å². The molecular formula is C20H20F3NO5. The number of ether oxygens (including phenoxy) is 2. The molecule has 0 bridgehead atoms. The number of Topliss-reactive ketones (excluding diaryl/α,β-unsaturated/α-hetero) is 1. The van der Waals surface area contributed by atoms with Gasteiger partial charge in [-0.05, 0) is 29.7 Å². The molecule has 0 aliphatic heterocycles. The third-order valence-corrected chi connectivity index (χ3v) is 3.89. The highest BCUT2D eigenvalue weighted by atomic mass is 19.4. The first kappa shape index (κ1) is 22.2. The van der Waals surface area contributed by atoms with Crippen LogP contribution < -0.4 is 10.1 Å². The summed E-state index contributed by atoms with van der Waals surface area (Å²) < 4.78 is 45.2. The Balaban J connectivity index is 1.79. The fraction of sp³-hybridized carbons (Fsp3) is 0.300. The maximum atomic E-state index is 12.2. The molecule has 2 aromatic rings. The second-order valence-electron chi connectivity index (χ2n) is 6.10. The van der Waals surface area contributed by atoms with Crippen LogP contribution in [0.15, 0.2) is 54.6 Å². The Labute approximate surface area is 165 Å². The standard InChI is InChI=1S/C20H20F3NO5/c21-20(22,23)29-16-9-6-14(7-10-16)8-11-18(26)17(12-25)24-19(27)28-13-15-4-2-1-3-5-15/h1-7,9-10,17,25H,8,11-13H2,(H,24,27)/t17-/m1/s1. The second-order valence-corrected chi connectivity index (χ2v) is 6.10. The van der Waals surface area contributed by atoms with Gasteiger partial charge >= 0.3 is 12.5 Å². The van der Waals surface area contributed by atoms with Gasteiger partial charge < -0.3 is 19.9 Å². The number of nitrogens with one attached hydrogen (secondary N) is 1. The van der Waals surface area contributed by atoms with E-state index >= 15 is 0 Å². The lowest BCUT2D eigenvalue weighted by atomic mass is 10.0. The highest BCUT2D eigenvalue weighted by Crippen LogP contribution is 2.23. The van der Waals surface area contributed by atoms with Crippen LogP contribution in [0.25, 0.3) is 0 Å². The van der Waals surface area contributed by atoms with Gasteiger partial charge in [-0.25, -0.2) is 4.79 Å². The van der Waals surface area contributed by atoms with Crippen molar-refractivity contribution in [2.75, 3.05) is 6.61 Å². The molecule has 0 unspecified atom stereocenters. The number of alkyl carbamates (subject to hydrolysis) is 1. The van der Waals surface area contributed by atoms with Crippen LogP contribution >= 0.6 is 0 Å². The van der Waals surface area contributed by atoms with Crippen LogP contribution in [0.1, 0.15) is 17.5 Å². The van der Waals surface area contributed by atoms with E-state index in [1.165, 1.54) is 12.1 Å². The number of aliphatic hydroxyl groups excluding tert-OH is 1. The number of carbonyl (C=O) groups is 2. The predicted molar refractivity (Wildman–Crippen MR) is 97.1 cm³/mol. The Bertz CT molecular complexity index is 794. The number of amides is 1. The summed E-state index contributed by atoms with van der Waals surface area (Å²) in [6.07, 6.45) is -5.41. The van der Waals surface area contributed by atoms with Crippen LogP contribution in [0.3, 0.4) is 0 Å². The molecule has 0 saturated carbocycles. The smallest absolute Gasteiger partial charge is 0.445 e. The molecule has 0 saturated heterocycles. The van der Waals surface area contributed by atoms with Gasteiger partial charge in [-0.15, -0.1) is 13.2 Å². The van der Waals surface area contributed by atoms with Crippen molar-refractivity contribution in [3.05, 3.63) is 65.7 Å². The highest BCUT2D eigenvalue weighted by molar-refractivity contribution is 5.87. The first-order chi connectivity index (χ1) is 13.8. The van der Waals surface area contributed by atoms with Crippen molar-refractivity contribution in [2.24, 2.45) is 0 Å². The lowest BCUT2D eigenvalue weighted by Crippen LogP contribution is -2.43. The molecule has 2 rings (SSSR count). The average molecular weight is 411 g/mol. The van der Waals surface area contributed by atoms with E-state index in [2.05, 4.69) is 10.1 Å². The molecule has 2 aromatic carbocycles. The van der Waals surface area contributed by atoms with Crippen LogP contribution in [-0.2, 0) is 22.6 Å². The topological polar surface area (TPSA) is 84.9 Å². The van der Waals surface area contributed by atoms with Crippen LogP contribution in [0.4, 0.5) is 18.0 Å². The monoisotopic (exact) mass is 411 g/mol. The largest absolute Gasteiger partial charge is 0.573 e. The molecule has 0 heterocycles. The summed E-state index contributed by atoms with van der Waals surface area (Å²) in [5, 5.41) is 11.7. The third-order valence-electron chi connectivity index (χ3n) is 3.89. The summed E-state index contributed by atoms with van der Waals surface area (Å²) in [7, 11) is 0. The van der Waals surface area contributed by atoms with Gasteiger partial charge in [0.25, 0.3) is 0 Å². The Kier molecular flexibility index (Phi) is 8.02. The summed E-state index contributed by atoms with van der Waals surface area (Å²) >= 11 is 0. The van der Waals surface area contributed by atoms with Gasteiger partial charge in [-0.1, -0.05) is 42.5 Å². The number of aryl methyl sites for hydroxylation is 1. The Morgan fingerprint density at radius 2 is 1.66 bits per heavy atom. The maximum absolute atomic E-state index is 12.2. The fourth-order valence-corrected chi connectivity index (χ4v) is 2.43. The molecule has 0 aliphatic carbocycles. The van der Waals surface area contributed by atoms with E-state index in [0.717, 1.165) is 17.7 Å². The van der Waals surface area contributed by atoms with E-state index < -0.39 is 30.9 Å². The first-order valence-corrected chi connectivity index (χ1v) is 8.72. The molecule has 6 nitrogen and oxygen atoms in total. The van der Waals surface area contributed by atoms with E-state index in [9.17, 15) is 27.9 Å². The number of hydrogen-bond donors (Lipinski definition) is 2. The molecule has 9 heteroatoms.